The van der Waals surface area contributed by atoms with E-state index in [1.807, 2.05) is 0 Å². The molecule has 6 amide bonds. The number of phenolic OH excluding ortho intramolecular Hbond substituents is 2. The van der Waals surface area contributed by atoms with E-state index in [0.29, 0.717) is 11.1 Å². The molecule has 2 aromatic rings. The normalized spacial score (nSPS) is 16.9. The lowest BCUT2D eigenvalue weighted by atomic mass is 10.0. The number of benzene rings is 2. The molecule has 0 spiro atoms. The van der Waals surface area contributed by atoms with Crippen LogP contribution in [0.5, 0.6) is 11.5 Å². The molecule has 0 radical (unpaired) electrons. The van der Waals surface area contributed by atoms with Crippen molar-refractivity contribution in [3.05, 3.63) is 59.7 Å². The molecule has 13 N–H and O–H groups in total. The quantitative estimate of drug-likeness (QED) is 0.0653. The van der Waals surface area contributed by atoms with Crippen molar-refractivity contribution in [2.24, 2.45) is 11.5 Å². The Hall–Kier alpha value is -6.28. The predicted molar refractivity (Wildman–Crippen MR) is 194 cm³/mol. The van der Waals surface area contributed by atoms with Gasteiger partial charge in [0.2, 0.25) is 35.4 Å². The summed E-state index contributed by atoms with van der Waals surface area (Å²) in [5.41, 5.74) is 12.4. The van der Waals surface area contributed by atoms with E-state index in [4.69, 9.17) is 11.5 Å². The highest BCUT2D eigenvalue weighted by molar-refractivity contribution is 5.98. The number of phenols is 2. The van der Waals surface area contributed by atoms with Crippen LogP contribution in [0.4, 0.5) is 0 Å². The van der Waals surface area contributed by atoms with Crippen LogP contribution in [0.25, 0.3) is 0 Å². The number of hydrogen-bond acceptors (Lipinski definition) is 12. The highest BCUT2D eigenvalue weighted by Crippen LogP contribution is 2.20. The minimum absolute atomic E-state index is 0.0144. The van der Waals surface area contributed by atoms with Crippen molar-refractivity contribution in [2.75, 3.05) is 6.54 Å². The molecular weight excluding hydrogens is 738 g/mol. The molecule has 3 rings (SSSR count). The summed E-state index contributed by atoms with van der Waals surface area (Å²) in [6, 6.07) is 2.49. The maximum atomic E-state index is 13.8. The number of nitrogens with two attached hydrogens (primary N) is 2. The van der Waals surface area contributed by atoms with E-state index >= 15 is 0 Å². The number of aliphatic hydroxyl groups is 1. The summed E-state index contributed by atoms with van der Waals surface area (Å²) in [7, 11) is 0. The van der Waals surface area contributed by atoms with Crippen LogP contribution in [-0.2, 0) is 51.2 Å². The standard InChI is InChI=1S/C36H47N7O13/c1-18(44)30(34(53)41-26(36(55)56)16-20-6-10-22(46)11-7-20)42-33(52)27-3-2-14-43(27)35(54)25(17-28(38)47)40-32(51)24(12-13-29(48)49)39-31(50)23(37)15-19-4-8-21(45)9-5-19/h4-11,18,23-27,30,44-46H,2-3,12-17,37H2,1H3,(H2,38,47)(H,39,50)(H,40,51)(H,41,53)(H,42,52)(H,48,49)(H,55,56)/t18-,23+,24+,25+,26+,27+,30+/m1/s1. The number of amides is 6. The van der Waals surface area contributed by atoms with Crippen molar-refractivity contribution in [1.29, 1.82) is 0 Å². The third kappa shape index (κ3) is 13.2. The monoisotopic (exact) mass is 785 g/mol. The number of nitrogens with one attached hydrogen (secondary N) is 4. The molecule has 20 heteroatoms. The summed E-state index contributed by atoms with van der Waals surface area (Å²) in [6.45, 7) is 1.13. The Labute approximate surface area is 320 Å². The molecule has 0 unspecified atom stereocenters. The maximum absolute atomic E-state index is 13.8. The highest BCUT2D eigenvalue weighted by Gasteiger charge is 2.41. The topological polar surface area (TPSA) is 341 Å². The van der Waals surface area contributed by atoms with Gasteiger partial charge in [0.15, 0.2) is 0 Å². The van der Waals surface area contributed by atoms with Gasteiger partial charge in [0.05, 0.1) is 18.6 Å². The van der Waals surface area contributed by atoms with E-state index < -0.39 is 109 Å². The third-order valence-corrected chi connectivity index (χ3v) is 8.92. The molecule has 304 valence electrons. The van der Waals surface area contributed by atoms with Crippen molar-refractivity contribution >= 4 is 47.4 Å². The average Bonchev–Trinajstić information content (AvgIpc) is 3.63. The van der Waals surface area contributed by atoms with Crippen LogP contribution in [0.15, 0.2) is 48.5 Å². The molecule has 56 heavy (non-hydrogen) atoms. The summed E-state index contributed by atoms with van der Waals surface area (Å²) in [5, 5.41) is 57.7. The van der Waals surface area contributed by atoms with Crippen molar-refractivity contribution in [3.63, 3.8) is 0 Å². The van der Waals surface area contributed by atoms with Crippen LogP contribution in [0.2, 0.25) is 0 Å². The molecule has 0 bridgehead atoms. The SMILES string of the molecule is C[C@@H](O)[C@H](NC(=O)[C@@H]1CCCN1C(=O)[C@H](CC(N)=O)NC(=O)[C@H](CCC(=O)O)NC(=O)[C@@H](N)Cc1ccc(O)cc1)C(=O)N[C@@H](Cc1ccc(O)cc1)C(=O)O. The first-order chi connectivity index (χ1) is 26.4. The van der Waals surface area contributed by atoms with E-state index in [0.717, 1.165) is 4.90 Å². The Balaban J connectivity index is 1.74. The number of carboxylic acids is 2. The first kappa shape index (κ1) is 44.1. The van der Waals surface area contributed by atoms with Gasteiger partial charge in [-0.05, 0) is 68.0 Å². The lowest BCUT2D eigenvalue weighted by molar-refractivity contribution is -0.145. The second kappa shape index (κ2) is 20.4. The number of aliphatic hydroxyl groups excluding tert-OH is 1. The Kier molecular flexibility index (Phi) is 16.1. The predicted octanol–water partition coefficient (Wildman–Crippen LogP) is -2.65. The molecule has 2 aromatic carbocycles. The number of aromatic hydroxyl groups is 2. The fourth-order valence-electron chi connectivity index (χ4n) is 5.95. The van der Waals surface area contributed by atoms with Crippen molar-refractivity contribution < 1.29 is 63.9 Å². The molecule has 0 saturated carbocycles. The highest BCUT2D eigenvalue weighted by atomic mass is 16.4. The van der Waals surface area contributed by atoms with Gasteiger partial charge in [-0.3, -0.25) is 33.6 Å². The first-order valence-electron chi connectivity index (χ1n) is 17.6. The van der Waals surface area contributed by atoms with Crippen molar-refractivity contribution in [2.45, 2.75) is 94.2 Å². The fourth-order valence-corrected chi connectivity index (χ4v) is 5.95. The molecule has 1 aliphatic rings. The van der Waals surface area contributed by atoms with Crippen LogP contribution in [0.1, 0.15) is 50.2 Å². The third-order valence-electron chi connectivity index (χ3n) is 8.92. The van der Waals surface area contributed by atoms with Crippen molar-refractivity contribution in [3.8, 4) is 11.5 Å². The number of likely N-dealkylation sites (tertiary alicyclic amines) is 1. The second-order valence-electron chi connectivity index (χ2n) is 13.4. The van der Waals surface area contributed by atoms with Crippen LogP contribution >= 0.6 is 0 Å². The minimum atomic E-state index is -1.68. The number of hydrogen-bond donors (Lipinski definition) is 11. The number of nitrogens with zero attached hydrogens (tertiary/aromatic N) is 1. The largest absolute Gasteiger partial charge is 0.508 e. The average molecular weight is 786 g/mol. The fraction of sp³-hybridized carbons (Fsp3) is 0.444. The smallest absolute Gasteiger partial charge is 0.326 e. The van der Waals surface area contributed by atoms with Gasteiger partial charge in [-0.1, -0.05) is 24.3 Å². The molecule has 1 fully saturated rings. The van der Waals surface area contributed by atoms with Gasteiger partial charge in [-0.2, -0.15) is 0 Å². The van der Waals surface area contributed by atoms with E-state index in [-0.39, 0.29) is 43.7 Å². The van der Waals surface area contributed by atoms with Gasteiger partial charge in [0.1, 0.15) is 41.7 Å². The van der Waals surface area contributed by atoms with E-state index in [1.165, 1.54) is 55.5 Å². The Morgan fingerprint density at radius 3 is 1.82 bits per heavy atom. The summed E-state index contributed by atoms with van der Waals surface area (Å²) in [5.74, 6) is -8.63. The zero-order valence-electron chi connectivity index (χ0n) is 30.4. The number of carbonyl (C=O) groups is 8. The summed E-state index contributed by atoms with van der Waals surface area (Å²) < 4.78 is 0. The van der Waals surface area contributed by atoms with Crippen molar-refractivity contribution in [1.82, 2.24) is 26.2 Å². The molecule has 7 atom stereocenters. The number of aliphatic carboxylic acids is 2. The van der Waals surface area contributed by atoms with Crippen LogP contribution in [0.3, 0.4) is 0 Å². The van der Waals surface area contributed by atoms with Gasteiger partial charge >= 0.3 is 11.9 Å². The lowest BCUT2D eigenvalue weighted by Gasteiger charge is -2.31. The Bertz CT molecular complexity index is 1750. The Morgan fingerprint density at radius 1 is 0.768 bits per heavy atom. The lowest BCUT2D eigenvalue weighted by Crippen LogP contribution is -2.61. The molecule has 0 aromatic heterocycles. The zero-order valence-corrected chi connectivity index (χ0v) is 30.4. The summed E-state index contributed by atoms with van der Waals surface area (Å²) in [6.07, 6.45) is -3.23. The van der Waals surface area contributed by atoms with Gasteiger partial charge in [-0.15, -0.1) is 0 Å². The van der Waals surface area contributed by atoms with Gasteiger partial charge < -0.3 is 63.2 Å². The maximum Gasteiger partial charge on any atom is 0.326 e. The molecule has 1 aliphatic heterocycles. The number of rotatable bonds is 20. The minimum Gasteiger partial charge on any atom is -0.508 e. The number of carboxylic acid groups (broad SMARTS) is 2. The van der Waals surface area contributed by atoms with Gasteiger partial charge in [-0.25, -0.2) is 4.79 Å². The summed E-state index contributed by atoms with van der Waals surface area (Å²) >= 11 is 0. The molecule has 1 saturated heterocycles. The Morgan fingerprint density at radius 2 is 1.30 bits per heavy atom. The van der Waals surface area contributed by atoms with Crippen LogP contribution in [-0.4, -0.2) is 127 Å². The number of primary amides is 1. The van der Waals surface area contributed by atoms with Gasteiger partial charge in [0.25, 0.3) is 0 Å². The molecule has 0 aliphatic carbocycles. The summed E-state index contributed by atoms with van der Waals surface area (Å²) in [4.78, 5) is 103. The van der Waals surface area contributed by atoms with E-state index in [9.17, 15) is 63.9 Å². The molecule has 1 heterocycles. The number of carbonyl (C=O) groups excluding carboxylic acids is 6. The molecular formula is C36H47N7O13. The molecule has 20 nitrogen and oxygen atoms in total. The van der Waals surface area contributed by atoms with Gasteiger partial charge in [0, 0.05) is 19.4 Å². The first-order valence-corrected chi connectivity index (χ1v) is 17.6. The van der Waals surface area contributed by atoms with E-state index in [2.05, 4.69) is 21.3 Å². The zero-order chi connectivity index (χ0) is 41.7. The van der Waals surface area contributed by atoms with Crippen LogP contribution in [0, 0.1) is 0 Å². The second-order valence-corrected chi connectivity index (χ2v) is 13.4. The van der Waals surface area contributed by atoms with E-state index in [1.54, 1.807) is 0 Å². The van der Waals surface area contributed by atoms with Crippen LogP contribution < -0.4 is 32.7 Å².